The molecule has 1 aromatic carbocycles. The third-order valence-electron chi connectivity index (χ3n) is 5.06. The molecule has 0 saturated heterocycles. The summed E-state index contributed by atoms with van der Waals surface area (Å²) in [6.45, 7) is 0.829. The smallest absolute Gasteiger partial charge is 0.290 e. The van der Waals surface area contributed by atoms with Crippen molar-refractivity contribution in [2.45, 2.75) is 19.0 Å². The molecule has 0 bridgehead atoms. The number of hydrogen-bond acceptors (Lipinski definition) is 7. The number of thiophene rings is 1. The SMILES string of the molecule is O=C(C1=C(O)C(=O)N(CCCn2ccnc2)[C@H]1c1cccc([N+](=O)[O-])c1)c1cccs1. The number of non-ortho nitro benzene ring substituents is 1. The minimum atomic E-state index is -0.912. The quantitative estimate of drug-likeness (QED) is 0.327. The Hall–Kier alpha value is -3.79. The van der Waals surface area contributed by atoms with Crippen LogP contribution in [0.3, 0.4) is 0 Å². The van der Waals surface area contributed by atoms with E-state index < -0.39 is 28.4 Å². The van der Waals surface area contributed by atoms with Crippen LogP contribution in [0.2, 0.25) is 0 Å². The highest BCUT2D eigenvalue weighted by Gasteiger charge is 2.44. The molecule has 158 valence electrons. The number of aryl methyl sites for hydroxylation is 1. The number of nitro benzene ring substituents is 1. The van der Waals surface area contributed by atoms with Crippen LogP contribution in [0.15, 0.2) is 71.8 Å². The van der Waals surface area contributed by atoms with Crippen LogP contribution in [0.1, 0.15) is 27.7 Å². The van der Waals surface area contributed by atoms with E-state index in [4.69, 9.17) is 0 Å². The van der Waals surface area contributed by atoms with E-state index in [9.17, 15) is 24.8 Å². The van der Waals surface area contributed by atoms with Gasteiger partial charge in [0.1, 0.15) is 0 Å². The second-order valence-electron chi connectivity index (χ2n) is 6.98. The predicted octanol–water partition coefficient (Wildman–Crippen LogP) is 3.52. The maximum Gasteiger partial charge on any atom is 0.290 e. The zero-order valence-electron chi connectivity index (χ0n) is 16.2. The number of hydrogen-bond donors (Lipinski definition) is 1. The van der Waals surface area contributed by atoms with Crippen molar-refractivity contribution in [3.05, 3.63) is 92.4 Å². The zero-order valence-corrected chi connectivity index (χ0v) is 17.1. The maximum absolute atomic E-state index is 13.1. The highest BCUT2D eigenvalue weighted by atomic mass is 32.1. The first-order valence-corrected chi connectivity index (χ1v) is 10.4. The number of aliphatic hydroxyl groups excluding tert-OH is 1. The van der Waals surface area contributed by atoms with E-state index >= 15 is 0 Å². The molecule has 0 unspecified atom stereocenters. The molecule has 3 heterocycles. The van der Waals surface area contributed by atoms with E-state index in [1.807, 2.05) is 4.57 Å². The summed E-state index contributed by atoms with van der Waals surface area (Å²) < 4.78 is 1.86. The summed E-state index contributed by atoms with van der Waals surface area (Å²) in [7, 11) is 0. The van der Waals surface area contributed by atoms with E-state index in [0.717, 1.165) is 0 Å². The summed E-state index contributed by atoms with van der Waals surface area (Å²) in [4.78, 5) is 42.5. The third kappa shape index (κ3) is 3.97. The molecule has 0 radical (unpaired) electrons. The van der Waals surface area contributed by atoms with E-state index in [1.54, 1.807) is 42.3 Å². The largest absolute Gasteiger partial charge is 0.503 e. The zero-order chi connectivity index (χ0) is 22.0. The van der Waals surface area contributed by atoms with Crippen molar-refractivity contribution in [1.82, 2.24) is 14.5 Å². The fourth-order valence-electron chi connectivity index (χ4n) is 3.65. The molecule has 1 aliphatic rings. The van der Waals surface area contributed by atoms with Gasteiger partial charge in [0, 0.05) is 37.6 Å². The summed E-state index contributed by atoms with van der Waals surface area (Å²) in [6, 6.07) is 8.21. The van der Waals surface area contributed by atoms with Gasteiger partial charge in [-0.1, -0.05) is 18.2 Å². The van der Waals surface area contributed by atoms with Crippen molar-refractivity contribution in [2.24, 2.45) is 0 Å². The van der Waals surface area contributed by atoms with Gasteiger partial charge >= 0.3 is 0 Å². The summed E-state index contributed by atoms with van der Waals surface area (Å²) in [5.74, 6) is -1.74. The van der Waals surface area contributed by atoms with Crippen molar-refractivity contribution in [3.63, 3.8) is 0 Å². The van der Waals surface area contributed by atoms with Gasteiger partial charge < -0.3 is 14.6 Å². The average molecular weight is 438 g/mol. The van der Waals surface area contributed by atoms with Crippen LogP contribution in [-0.2, 0) is 11.3 Å². The maximum atomic E-state index is 13.1. The van der Waals surface area contributed by atoms with Gasteiger partial charge in [-0.25, -0.2) is 4.98 Å². The summed E-state index contributed by atoms with van der Waals surface area (Å²) >= 11 is 1.20. The van der Waals surface area contributed by atoms with Crippen LogP contribution in [0.25, 0.3) is 0 Å². The Bertz CT molecular complexity index is 1150. The minimum absolute atomic E-state index is 0.0596. The molecule has 9 nitrogen and oxygen atoms in total. The Morgan fingerprint density at radius 3 is 2.77 bits per heavy atom. The molecule has 0 spiro atoms. The predicted molar refractivity (Wildman–Crippen MR) is 113 cm³/mol. The Morgan fingerprint density at radius 2 is 2.10 bits per heavy atom. The van der Waals surface area contributed by atoms with Gasteiger partial charge in [-0.05, 0) is 23.4 Å². The molecule has 0 aliphatic carbocycles. The fourth-order valence-corrected chi connectivity index (χ4v) is 4.33. The molecular formula is C21H18N4O5S. The number of rotatable bonds is 8. The van der Waals surface area contributed by atoms with Crippen LogP contribution in [0.5, 0.6) is 0 Å². The van der Waals surface area contributed by atoms with Crippen LogP contribution < -0.4 is 0 Å². The van der Waals surface area contributed by atoms with Gasteiger partial charge in [-0.3, -0.25) is 19.7 Å². The number of imidazole rings is 1. The number of Topliss-reactive ketones (excluding diaryl/α,β-unsaturated/α-hetero) is 1. The van der Waals surface area contributed by atoms with E-state index in [-0.39, 0.29) is 17.8 Å². The topological polar surface area (TPSA) is 119 Å². The molecule has 0 saturated carbocycles. The number of carbonyl (C=O) groups excluding carboxylic acids is 2. The number of nitrogens with zero attached hydrogens (tertiary/aromatic N) is 4. The number of carbonyl (C=O) groups is 2. The molecule has 3 aromatic rings. The van der Waals surface area contributed by atoms with Gasteiger partial charge in [0.25, 0.3) is 11.6 Å². The van der Waals surface area contributed by atoms with Gasteiger partial charge in [0.05, 0.1) is 27.7 Å². The van der Waals surface area contributed by atoms with Crippen LogP contribution in [-0.4, -0.2) is 42.7 Å². The molecule has 0 fully saturated rings. The van der Waals surface area contributed by atoms with E-state index in [1.165, 1.54) is 34.4 Å². The number of nitro groups is 1. The van der Waals surface area contributed by atoms with Crippen LogP contribution >= 0.6 is 11.3 Å². The molecule has 1 aliphatic heterocycles. The lowest BCUT2D eigenvalue weighted by molar-refractivity contribution is -0.384. The van der Waals surface area contributed by atoms with Crippen LogP contribution in [0.4, 0.5) is 5.69 Å². The van der Waals surface area contributed by atoms with Crippen molar-refractivity contribution in [2.75, 3.05) is 6.54 Å². The molecule has 2 aromatic heterocycles. The lowest BCUT2D eigenvalue weighted by Gasteiger charge is -2.26. The first-order valence-electron chi connectivity index (χ1n) is 9.49. The Kier molecular flexibility index (Phi) is 5.63. The molecule has 1 N–H and O–H groups in total. The lowest BCUT2D eigenvalue weighted by Crippen LogP contribution is -2.32. The Balaban J connectivity index is 1.70. The normalized spacial score (nSPS) is 16.2. The first kappa shape index (κ1) is 20.5. The molecule has 1 atom stereocenters. The number of ketones is 1. The van der Waals surface area contributed by atoms with Crippen molar-refractivity contribution >= 4 is 28.7 Å². The average Bonchev–Trinajstić information content (AvgIpc) is 3.52. The molecule has 10 heteroatoms. The van der Waals surface area contributed by atoms with Gasteiger partial charge in [0.2, 0.25) is 5.78 Å². The third-order valence-corrected chi connectivity index (χ3v) is 5.93. The van der Waals surface area contributed by atoms with Crippen molar-refractivity contribution < 1.29 is 19.6 Å². The lowest BCUT2D eigenvalue weighted by atomic mass is 9.95. The van der Waals surface area contributed by atoms with Gasteiger partial charge in [-0.2, -0.15) is 0 Å². The fraction of sp³-hybridized carbons (Fsp3) is 0.190. The number of aromatic nitrogens is 2. The van der Waals surface area contributed by atoms with Crippen molar-refractivity contribution in [3.8, 4) is 0 Å². The Labute approximate surface area is 181 Å². The summed E-state index contributed by atoms with van der Waals surface area (Å²) in [6.07, 6.45) is 5.65. The second kappa shape index (κ2) is 8.52. The van der Waals surface area contributed by atoms with Gasteiger partial charge in [0.15, 0.2) is 5.76 Å². The highest BCUT2D eigenvalue weighted by molar-refractivity contribution is 7.12. The summed E-state index contributed by atoms with van der Waals surface area (Å²) in [5.41, 5.74) is 0.183. The Morgan fingerprint density at radius 1 is 1.26 bits per heavy atom. The number of benzene rings is 1. The molecule has 4 rings (SSSR count). The minimum Gasteiger partial charge on any atom is -0.503 e. The highest BCUT2D eigenvalue weighted by Crippen LogP contribution is 2.40. The van der Waals surface area contributed by atoms with Crippen LogP contribution in [0, 0.1) is 10.1 Å². The van der Waals surface area contributed by atoms with Gasteiger partial charge in [-0.15, -0.1) is 11.3 Å². The number of aliphatic hydroxyl groups is 1. The summed E-state index contributed by atoms with van der Waals surface area (Å²) in [5, 5.41) is 23.6. The van der Waals surface area contributed by atoms with E-state index in [0.29, 0.717) is 23.4 Å². The molecule has 31 heavy (non-hydrogen) atoms. The second-order valence-corrected chi connectivity index (χ2v) is 7.92. The monoisotopic (exact) mass is 438 g/mol. The van der Waals surface area contributed by atoms with Crippen molar-refractivity contribution in [1.29, 1.82) is 0 Å². The van der Waals surface area contributed by atoms with E-state index in [2.05, 4.69) is 4.98 Å². The number of amides is 1. The first-order chi connectivity index (χ1) is 15.0. The molecule has 1 amide bonds. The standard InChI is InChI=1S/C21H18N4O5S/c26-19(16-6-2-11-31-16)17-18(14-4-1-5-15(12-14)25(29)30)24(21(28)20(17)27)9-3-8-23-10-7-22-13-23/h1-2,4-7,10-13,18,27H,3,8-9H2/t18-/m0/s1. The molecular weight excluding hydrogens is 420 g/mol.